The van der Waals surface area contributed by atoms with Crippen LogP contribution in [0, 0.1) is 5.92 Å². The van der Waals surface area contributed by atoms with Crippen LogP contribution in [0.5, 0.6) is 0 Å². The van der Waals surface area contributed by atoms with Crippen LogP contribution in [0.25, 0.3) is 0 Å². The van der Waals surface area contributed by atoms with Crippen LogP contribution in [0.2, 0.25) is 0 Å². The molecule has 0 saturated carbocycles. The quantitative estimate of drug-likeness (QED) is 0.620. The lowest BCUT2D eigenvalue weighted by Crippen LogP contribution is -2.25. The number of hydrogen-bond donors (Lipinski definition) is 2. The fourth-order valence-corrected chi connectivity index (χ4v) is 1.88. The summed E-state index contributed by atoms with van der Waals surface area (Å²) >= 11 is 0. The first-order chi connectivity index (χ1) is 9.66. The lowest BCUT2D eigenvalue weighted by molar-refractivity contribution is -0.123. The molecule has 0 unspecified atom stereocenters. The number of carbonyl (C=O) groups excluding carboxylic acids is 2. The van der Waals surface area contributed by atoms with Gasteiger partial charge in [-0.3, -0.25) is 9.59 Å². The molecule has 20 heavy (non-hydrogen) atoms. The molecule has 1 heterocycles. The van der Waals surface area contributed by atoms with E-state index < -0.39 is 0 Å². The molecule has 2 rings (SSSR count). The van der Waals surface area contributed by atoms with Gasteiger partial charge in [0.15, 0.2) is 0 Å². The first-order valence-corrected chi connectivity index (χ1v) is 6.38. The minimum Gasteiger partial charge on any atom is -0.273 e. The largest absolute Gasteiger partial charge is 0.273 e. The first kappa shape index (κ1) is 13.9. The molecule has 6 heteroatoms. The predicted molar refractivity (Wildman–Crippen MR) is 76.2 cm³/mol. The summed E-state index contributed by atoms with van der Waals surface area (Å²) < 4.78 is 0. The molecule has 2 N–H and O–H groups in total. The highest BCUT2D eigenvalue weighted by atomic mass is 16.2. The number of rotatable bonds is 5. The second-order valence-corrected chi connectivity index (χ2v) is 4.52. The van der Waals surface area contributed by atoms with Crippen molar-refractivity contribution in [2.24, 2.45) is 16.1 Å². The normalized spacial score (nSPS) is 17.9. The lowest BCUT2D eigenvalue weighted by atomic mass is 9.99. The van der Waals surface area contributed by atoms with Crippen LogP contribution in [-0.4, -0.2) is 23.7 Å². The summed E-state index contributed by atoms with van der Waals surface area (Å²) in [5, 5.41) is 7.70. The third-order valence-corrected chi connectivity index (χ3v) is 3.03. The van der Waals surface area contributed by atoms with Gasteiger partial charge in [-0.2, -0.15) is 10.2 Å². The van der Waals surface area contributed by atoms with E-state index in [0.717, 1.165) is 11.3 Å². The van der Waals surface area contributed by atoms with E-state index in [1.54, 1.807) is 13.1 Å². The zero-order chi connectivity index (χ0) is 14.4. The Balaban J connectivity index is 1.75. The van der Waals surface area contributed by atoms with Gasteiger partial charge in [0, 0.05) is 12.1 Å². The summed E-state index contributed by atoms with van der Waals surface area (Å²) in [5.41, 5.74) is 6.47. The zero-order valence-electron chi connectivity index (χ0n) is 11.2. The van der Waals surface area contributed by atoms with E-state index in [4.69, 9.17) is 0 Å². The van der Waals surface area contributed by atoms with Crippen molar-refractivity contribution < 1.29 is 9.59 Å². The number of hydrazone groups is 2. The van der Waals surface area contributed by atoms with Crippen molar-refractivity contribution in [3.8, 4) is 0 Å². The Morgan fingerprint density at radius 3 is 2.85 bits per heavy atom. The maximum absolute atomic E-state index is 11.6. The molecule has 0 spiro atoms. The molecule has 0 fully saturated rings. The second-order valence-electron chi connectivity index (χ2n) is 4.52. The third-order valence-electron chi connectivity index (χ3n) is 3.03. The van der Waals surface area contributed by atoms with Gasteiger partial charge in [-0.1, -0.05) is 30.3 Å². The van der Waals surface area contributed by atoms with E-state index in [2.05, 4.69) is 21.1 Å². The van der Waals surface area contributed by atoms with Gasteiger partial charge in [-0.05, 0) is 18.9 Å². The molecular formula is C14H16N4O2. The minimum absolute atomic E-state index is 0.150. The molecule has 0 bridgehead atoms. The van der Waals surface area contributed by atoms with Crippen LogP contribution in [0.3, 0.4) is 0 Å². The smallest absolute Gasteiger partial charge is 0.248 e. The molecule has 1 aromatic carbocycles. The Bertz CT molecular complexity index is 552. The summed E-state index contributed by atoms with van der Waals surface area (Å²) in [4.78, 5) is 23.0. The van der Waals surface area contributed by atoms with Crippen molar-refractivity contribution in [3.63, 3.8) is 0 Å². The van der Waals surface area contributed by atoms with Crippen LogP contribution >= 0.6 is 0 Å². The van der Waals surface area contributed by atoms with Crippen molar-refractivity contribution in [2.75, 3.05) is 0 Å². The summed E-state index contributed by atoms with van der Waals surface area (Å²) in [6.07, 6.45) is 2.25. The lowest BCUT2D eigenvalue weighted by Gasteiger charge is -2.06. The molecule has 0 aliphatic carbocycles. The Morgan fingerprint density at radius 1 is 1.45 bits per heavy atom. The molecule has 6 nitrogen and oxygen atoms in total. The fraction of sp³-hybridized carbons (Fsp3) is 0.286. The van der Waals surface area contributed by atoms with E-state index in [0.29, 0.717) is 6.42 Å². The van der Waals surface area contributed by atoms with Crippen LogP contribution < -0.4 is 10.9 Å². The average molecular weight is 272 g/mol. The van der Waals surface area contributed by atoms with E-state index in [1.807, 2.05) is 30.3 Å². The van der Waals surface area contributed by atoms with Crippen molar-refractivity contribution >= 4 is 23.7 Å². The van der Waals surface area contributed by atoms with Crippen molar-refractivity contribution in [2.45, 2.75) is 19.8 Å². The van der Waals surface area contributed by atoms with E-state index >= 15 is 0 Å². The number of amides is 2. The number of carbonyl (C=O) groups is 2. The van der Waals surface area contributed by atoms with Crippen LogP contribution in [-0.2, 0) is 9.59 Å². The second kappa shape index (κ2) is 6.60. The van der Waals surface area contributed by atoms with Crippen molar-refractivity contribution in [1.82, 2.24) is 10.9 Å². The summed E-state index contributed by atoms with van der Waals surface area (Å²) in [5.74, 6) is -0.674. The standard InChI is InChI=1S/C14H16N4O2/c1-10-12(14(20)18-16-10)7-8-13(19)17-15-9-11-5-3-2-4-6-11/h2-6,9,12H,7-8H2,1H3,(H,17,19)(H,18,20)/b15-9-/t12-/m0/s1. The van der Waals surface area contributed by atoms with Gasteiger partial charge in [-0.15, -0.1) is 0 Å². The zero-order valence-corrected chi connectivity index (χ0v) is 11.2. The van der Waals surface area contributed by atoms with Gasteiger partial charge in [0.25, 0.3) is 0 Å². The molecule has 0 radical (unpaired) electrons. The van der Waals surface area contributed by atoms with E-state index in [-0.39, 0.29) is 24.2 Å². The van der Waals surface area contributed by atoms with Crippen molar-refractivity contribution in [3.05, 3.63) is 35.9 Å². The van der Waals surface area contributed by atoms with Crippen LogP contribution in [0.4, 0.5) is 0 Å². The molecule has 1 aliphatic heterocycles. The molecule has 1 aliphatic rings. The first-order valence-electron chi connectivity index (χ1n) is 6.38. The SMILES string of the molecule is CC1=NNC(=O)[C@H]1CCC(=O)N/N=C\c1ccccc1. The highest BCUT2D eigenvalue weighted by Gasteiger charge is 2.26. The molecule has 1 aromatic rings. The van der Waals surface area contributed by atoms with E-state index in [9.17, 15) is 9.59 Å². The highest BCUT2D eigenvalue weighted by Crippen LogP contribution is 2.13. The highest BCUT2D eigenvalue weighted by molar-refractivity contribution is 6.07. The average Bonchev–Trinajstić information content (AvgIpc) is 2.77. The number of benzene rings is 1. The molecule has 2 amide bonds. The monoisotopic (exact) mass is 272 g/mol. The van der Waals surface area contributed by atoms with Gasteiger partial charge in [-0.25, -0.2) is 10.9 Å². The summed E-state index contributed by atoms with van der Waals surface area (Å²) in [6.45, 7) is 1.77. The van der Waals surface area contributed by atoms with Gasteiger partial charge in [0.1, 0.15) is 0 Å². The number of nitrogens with one attached hydrogen (secondary N) is 2. The Hall–Kier alpha value is -2.50. The molecule has 0 aromatic heterocycles. The molecule has 0 saturated heterocycles. The van der Waals surface area contributed by atoms with E-state index in [1.165, 1.54) is 0 Å². The Kier molecular flexibility index (Phi) is 4.60. The topological polar surface area (TPSA) is 82.9 Å². The van der Waals surface area contributed by atoms with Gasteiger partial charge in [0.05, 0.1) is 12.1 Å². The molecule has 104 valence electrons. The molecule has 1 atom stereocenters. The van der Waals surface area contributed by atoms with Gasteiger partial charge < -0.3 is 0 Å². The number of hydrogen-bond acceptors (Lipinski definition) is 4. The van der Waals surface area contributed by atoms with Gasteiger partial charge >= 0.3 is 0 Å². The van der Waals surface area contributed by atoms with Crippen molar-refractivity contribution in [1.29, 1.82) is 0 Å². The number of nitrogens with zero attached hydrogens (tertiary/aromatic N) is 2. The summed E-state index contributed by atoms with van der Waals surface area (Å²) in [6, 6.07) is 9.47. The predicted octanol–water partition coefficient (Wildman–Crippen LogP) is 1.04. The van der Waals surface area contributed by atoms with Crippen LogP contribution in [0.1, 0.15) is 25.3 Å². The fourth-order valence-electron chi connectivity index (χ4n) is 1.88. The Morgan fingerprint density at radius 2 is 2.20 bits per heavy atom. The minimum atomic E-state index is -0.307. The summed E-state index contributed by atoms with van der Waals surface area (Å²) in [7, 11) is 0. The molecular weight excluding hydrogens is 256 g/mol. The third kappa shape index (κ3) is 3.74. The van der Waals surface area contributed by atoms with Gasteiger partial charge in [0.2, 0.25) is 11.8 Å². The Labute approximate surface area is 116 Å². The maximum Gasteiger partial charge on any atom is 0.248 e. The van der Waals surface area contributed by atoms with Crippen LogP contribution in [0.15, 0.2) is 40.5 Å². The maximum atomic E-state index is 11.6.